The van der Waals surface area contributed by atoms with Gasteiger partial charge in [0.1, 0.15) is 48.8 Å². The molecule has 10 N–H and O–H groups in total. The Balaban J connectivity index is 1.08. The van der Waals surface area contributed by atoms with Crippen molar-refractivity contribution in [2.45, 2.75) is 191 Å². The Morgan fingerprint density at radius 3 is 1.84 bits per heavy atom. The van der Waals surface area contributed by atoms with Gasteiger partial charge in [0.05, 0.1) is 49.8 Å². The lowest BCUT2D eigenvalue weighted by atomic mass is 9.41. The average Bonchev–Trinajstić information content (AvgIpc) is 3.67. The van der Waals surface area contributed by atoms with Crippen LogP contribution in [0, 0.1) is 50.7 Å². The van der Waals surface area contributed by atoms with Crippen molar-refractivity contribution in [3.8, 4) is 0 Å². The Morgan fingerprint density at radius 2 is 1.25 bits per heavy atom. The number of ether oxygens (including phenoxy) is 5. The lowest BCUT2D eigenvalue weighted by molar-refractivity contribution is -0.340. The number of hydrogen-bond acceptors (Lipinski definition) is 15. The molecule has 0 aromatic heterocycles. The van der Waals surface area contributed by atoms with Crippen LogP contribution in [0.5, 0.6) is 0 Å². The van der Waals surface area contributed by atoms with Crippen molar-refractivity contribution in [3.63, 3.8) is 0 Å². The molecule has 3 heterocycles. The Labute approximate surface area is 335 Å². The molecule has 3 saturated heterocycles. The molecule has 3 aliphatic heterocycles. The zero-order valence-electron chi connectivity index (χ0n) is 34.4. The summed E-state index contributed by atoms with van der Waals surface area (Å²) in [5.74, 6) is 0.439. The molecule has 8 rings (SSSR count). The van der Waals surface area contributed by atoms with Crippen molar-refractivity contribution >= 4 is 0 Å². The first-order valence-corrected chi connectivity index (χ1v) is 21.6. The summed E-state index contributed by atoms with van der Waals surface area (Å²) in [7, 11) is 0. The molecule has 328 valence electrons. The molecule has 15 heteroatoms. The Bertz CT molecular complexity index is 1480. The van der Waals surface area contributed by atoms with Gasteiger partial charge in [-0.05, 0) is 111 Å². The SMILES string of the molecule is C[C@@H]([C@H]1[C@@H](O)C[C@@]2(C)[C@@H]3CC[C@H]4[C@](C)(CO[C@@H]5O[C@H](CO)[C@@H](O)[C@H](O)[C@H]5O)[C@@H](O[C@@H]5O[C@H](CO)[C@H](O)[C@H](O)[C@H]5O)CC[C@@]45C[C@@]35CC[C@]12C)[C@@H]1C[C@H](O)C(C)(C)O1. The highest BCUT2D eigenvalue weighted by atomic mass is 16.7. The fourth-order valence-electron chi connectivity index (χ4n) is 15.0. The fourth-order valence-corrected chi connectivity index (χ4v) is 15.0. The van der Waals surface area contributed by atoms with Crippen LogP contribution in [-0.4, -0.2) is 162 Å². The van der Waals surface area contributed by atoms with Crippen LogP contribution in [0.1, 0.15) is 99.3 Å². The predicted molar refractivity (Wildman–Crippen MR) is 200 cm³/mol. The quantitative estimate of drug-likeness (QED) is 0.137. The minimum absolute atomic E-state index is 0.00256. The first kappa shape index (κ1) is 43.1. The third-order valence-electron chi connectivity index (χ3n) is 18.3. The molecule has 0 aromatic carbocycles. The number of fused-ring (bicyclic) bond motifs is 2. The average molecular weight is 815 g/mol. The maximum Gasteiger partial charge on any atom is 0.186 e. The van der Waals surface area contributed by atoms with Crippen LogP contribution in [0.25, 0.3) is 0 Å². The van der Waals surface area contributed by atoms with Gasteiger partial charge in [-0.1, -0.05) is 27.7 Å². The molecule has 0 unspecified atom stereocenters. The zero-order chi connectivity index (χ0) is 41.4. The van der Waals surface area contributed by atoms with E-state index in [1.165, 1.54) is 0 Å². The second-order valence-electron chi connectivity index (χ2n) is 21.0. The lowest BCUT2D eigenvalue weighted by Gasteiger charge is -2.64. The normalized spacial score (nSPS) is 58.6. The second kappa shape index (κ2) is 14.5. The van der Waals surface area contributed by atoms with Crippen molar-refractivity contribution in [1.82, 2.24) is 0 Å². The van der Waals surface area contributed by atoms with Crippen molar-refractivity contribution in [2.24, 2.45) is 50.7 Å². The number of rotatable bonds is 9. The summed E-state index contributed by atoms with van der Waals surface area (Å²) in [6.45, 7) is 11.7. The predicted octanol–water partition coefficient (Wildman–Crippen LogP) is -0.0575. The molecule has 0 bridgehead atoms. The van der Waals surface area contributed by atoms with Gasteiger partial charge in [-0.2, -0.15) is 0 Å². The van der Waals surface area contributed by atoms with Gasteiger partial charge in [0.2, 0.25) is 0 Å². The molecule has 5 aliphatic carbocycles. The summed E-state index contributed by atoms with van der Waals surface area (Å²) >= 11 is 0. The van der Waals surface area contributed by atoms with Gasteiger partial charge in [0, 0.05) is 11.8 Å². The van der Waals surface area contributed by atoms with Gasteiger partial charge in [0.15, 0.2) is 12.6 Å². The standard InChI is InChI=1S/C42H70O15/c1-19(21-13-26(46)37(2,3)57-21)28-20(45)14-40(6)25-8-7-24-38(4,18-53-35-33(51)31(49)29(47)22(15-43)54-35)27(56-36-34(52)32(50)30(48)23(16-44)55-36)9-10-41(24)17-42(25,41)12-11-39(28,40)5/h19-36,43-52H,7-18H2,1-6H3/t19-,20+,21+,22-,23-,24+,25+,26+,27+,28+,29-,30+,31+,32+,33-,34-,35-,36+,38+,39-,40+,41-,42+/m1/s1. The minimum Gasteiger partial charge on any atom is -0.394 e. The summed E-state index contributed by atoms with van der Waals surface area (Å²) in [5.41, 5.74) is -1.84. The molecule has 23 atom stereocenters. The molecule has 2 spiro atoms. The van der Waals surface area contributed by atoms with Gasteiger partial charge in [0.25, 0.3) is 0 Å². The second-order valence-corrected chi connectivity index (χ2v) is 21.0. The molecule has 0 amide bonds. The van der Waals surface area contributed by atoms with E-state index in [9.17, 15) is 51.1 Å². The van der Waals surface area contributed by atoms with E-state index >= 15 is 0 Å². The van der Waals surface area contributed by atoms with Crippen molar-refractivity contribution in [1.29, 1.82) is 0 Å². The van der Waals surface area contributed by atoms with E-state index in [1.807, 2.05) is 13.8 Å². The summed E-state index contributed by atoms with van der Waals surface area (Å²) in [5, 5.41) is 107. The first-order chi connectivity index (χ1) is 26.7. The largest absolute Gasteiger partial charge is 0.394 e. The van der Waals surface area contributed by atoms with E-state index in [0.29, 0.717) is 25.2 Å². The monoisotopic (exact) mass is 814 g/mol. The topological polar surface area (TPSA) is 248 Å². The number of hydrogen-bond donors (Lipinski definition) is 10. The van der Waals surface area contributed by atoms with Crippen molar-refractivity contribution < 1.29 is 74.7 Å². The molecular weight excluding hydrogens is 744 g/mol. The molecule has 57 heavy (non-hydrogen) atoms. The Hall–Kier alpha value is -0.600. The van der Waals surface area contributed by atoms with E-state index in [0.717, 1.165) is 38.5 Å². The van der Waals surface area contributed by atoms with Crippen molar-refractivity contribution in [2.75, 3.05) is 19.8 Å². The number of aliphatic hydroxyl groups excluding tert-OH is 10. The molecule has 5 saturated carbocycles. The van der Waals surface area contributed by atoms with Crippen LogP contribution in [0.15, 0.2) is 0 Å². The maximum atomic E-state index is 12.0. The van der Waals surface area contributed by atoms with Crippen LogP contribution in [0.3, 0.4) is 0 Å². The van der Waals surface area contributed by atoms with E-state index in [1.54, 1.807) is 0 Å². The fraction of sp³-hybridized carbons (Fsp3) is 1.00. The van der Waals surface area contributed by atoms with Crippen LogP contribution in [0.4, 0.5) is 0 Å². The summed E-state index contributed by atoms with van der Waals surface area (Å²) in [6, 6.07) is 0. The Kier molecular flexibility index (Phi) is 10.9. The van der Waals surface area contributed by atoms with Gasteiger partial charge in [-0.3, -0.25) is 0 Å². The molecule has 8 fully saturated rings. The zero-order valence-corrected chi connectivity index (χ0v) is 34.4. The molecule has 0 radical (unpaired) electrons. The minimum atomic E-state index is -1.61. The molecular formula is C42H70O15. The first-order valence-electron chi connectivity index (χ1n) is 21.6. The van der Waals surface area contributed by atoms with Gasteiger partial charge in [-0.15, -0.1) is 0 Å². The summed E-state index contributed by atoms with van der Waals surface area (Å²) < 4.78 is 31.0. The van der Waals surface area contributed by atoms with Crippen LogP contribution in [-0.2, 0) is 23.7 Å². The smallest absolute Gasteiger partial charge is 0.186 e. The van der Waals surface area contributed by atoms with Gasteiger partial charge < -0.3 is 74.7 Å². The highest BCUT2D eigenvalue weighted by Crippen LogP contribution is 2.89. The Morgan fingerprint density at radius 1 is 0.667 bits per heavy atom. The highest BCUT2D eigenvalue weighted by Gasteiger charge is 2.83. The van der Waals surface area contributed by atoms with E-state index in [-0.39, 0.29) is 52.1 Å². The number of aliphatic hydroxyl groups is 10. The lowest BCUT2D eigenvalue weighted by Crippen LogP contribution is -2.63. The highest BCUT2D eigenvalue weighted by molar-refractivity contribution is 5.31. The van der Waals surface area contributed by atoms with Crippen LogP contribution >= 0.6 is 0 Å². The third-order valence-corrected chi connectivity index (χ3v) is 18.3. The van der Waals surface area contributed by atoms with Crippen LogP contribution < -0.4 is 0 Å². The van der Waals surface area contributed by atoms with E-state index in [2.05, 4.69) is 27.7 Å². The summed E-state index contributed by atoms with van der Waals surface area (Å²) in [4.78, 5) is 0. The van der Waals surface area contributed by atoms with Gasteiger partial charge >= 0.3 is 0 Å². The van der Waals surface area contributed by atoms with Crippen LogP contribution in [0.2, 0.25) is 0 Å². The summed E-state index contributed by atoms with van der Waals surface area (Å²) in [6.07, 6.45) is -9.05. The maximum absolute atomic E-state index is 12.0. The van der Waals surface area contributed by atoms with Gasteiger partial charge in [-0.25, -0.2) is 0 Å². The van der Waals surface area contributed by atoms with E-state index < -0.39 is 104 Å². The molecule has 8 aliphatic rings. The molecule has 0 aromatic rings. The van der Waals surface area contributed by atoms with Crippen molar-refractivity contribution in [3.05, 3.63) is 0 Å². The van der Waals surface area contributed by atoms with E-state index in [4.69, 9.17) is 23.7 Å². The third kappa shape index (κ3) is 6.06. The molecule has 15 nitrogen and oxygen atoms in total.